The van der Waals surface area contributed by atoms with Gasteiger partial charge in [0.2, 0.25) is 5.91 Å². The average molecular weight is 213 g/mol. The quantitative estimate of drug-likeness (QED) is 0.662. The van der Waals surface area contributed by atoms with Gasteiger partial charge in [0.05, 0.1) is 6.04 Å². The van der Waals surface area contributed by atoms with Crippen molar-refractivity contribution in [2.45, 2.75) is 32.7 Å². The summed E-state index contributed by atoms with van der Waals surface area (Å²) in [4.78, 5) is 13.8. The molecule has 1 amide bonds. The lowest BCUT2D eigenvalue weighted by atomic mass is 10.1. The Morgan fingerprint density at radius 2 is 2.20 bits per heavy atom. The topological polar surface area (TPSA) is 44.4 Å². The van der Waals surface area contributed by atoms with Gasteiger partial charge in [0.25, 0.3) is 0 Å². The van der Waals surface area contributed by atoms with E-state index in [2.05, 4.69) is 29.4 Å². The van der Waals surface area contributed by atoms with Crippen LogP contribution in [0.15, 0.2) is 0 Å². The molecule has 88 valence electrons. The number of piperidine rings is 1. The molecule has 1 atom stereocenters. The van der Waals surface area contributed by atoms with Gasteiger partial charge in [-0.05, 0) is 25.9 Å². The molecule has 4 nitrogen and oxygen atoms in total. The number of rotatable bonds is 6. The highest BCUT2D eigenvalue weighted by atomic mass is 16.2. The molecule has 1 saturated heterocycles. The summed E-state index contributed by atoms with van der Waals surface area (Å²) in [7, 11) is 0. The molecule has 1 aliphatic heterocycles. The highest BCUT2D eigenvalue weighted by Gasteiger charge is 2.20. The van der Waals surface area contributed by atoms with Gasteiger partial charge in [0.1, 0.15) is 0 Å². The predicted octanol–water partition coefficient (Wildman–Crippen LogP) is 0.196. The van der Waals surface area contributed by atoms with Gasteiger partial charge in [-0.25, -0.2) is 0 Å². The minimum atomic E-state index is 0.0364. The normalized spacial score (nSPS) is 21.8. The van der Waals surface area contributed by atoms with Crippen LogP contribution in [0.3, 0.4) is 0 Å². The fourth-order valence-electron chi connectivity index (χ4n) is 1.90. The number of hydrogen-bond donors (Lipinski definition) is 2. The van der Waals surface area contributed by atoms with Crippen LogP contribution in [0.25, 0.3) is 0 Å². The van der Waals surface area contributed by atoms with Crippen molar-refractivity contribution in [2.24, 2.45) is 0 Å². The van der Waals surface area contributed by atoms with Crippen LogP contribution in [-0.4, -0.2) is 49.6 Å². The second-order valence-electron chi connectivity index (χ2n) is 3.97. The molecule has 0 aromatic heterocycles. The fourth-order valence-corrected chi connectivity index (χ4v) is 1.90. The Bertz CT molecular complexity index is 192. The Kier molecular flexibility index (Phi) is 5.65. The molecule has 1 unspecified atom stereocenters. The van der Waals surface area contributed by atoms with Crippen LogP contribution in [0.2, 0.25) is 0 Å². The average Bonchev–Trinajstić information content (AvgIpc) is 2.27. The van der Waals surface area contributed by atoms with Crippen molar-refractivity contribution in [1.82, 2.24) is 15.5 Å². The third kappa shape index (κ3) is 4.18. The van der Waals surface area contributed by atoms with Gasteiger partial charge in [-0.15, -0.1) is 0 Å². The number of carbonyl (C=O) groups excluding carboxylic acids is 1. The maximum atomic E-state index is 11.4. The predicted molar refractivity (Wildman–Crippen MR) is 61.8 cm³/mol. The molecular weight excluding hydrogens is 190 g/mol. The molecule has 1 fully saturated rings. The Morgan fingerprint density at radius 1 is 1.47 bits per heavy atom. The summed E-state index contributed by atoms with van der Waals surface area (Å²) in [6.07, 6.45) is 2.07. The Labute approximate surface area is 92.4 Å². The van der Waals surface area contributed by atoms with E-state index in [1.165, 1.54) is 0 Å². The summed E-state index contributed by atoms with van der Waals surface area (Å²) >= 11 is 0. The highest BCUT2D eigenvalue weighted by molar-refractivity contribution is 5.82. The lowest BCUT2D eigenvalue weighted by Gasteiger charge is -2.24. The van der Waals surface area contributed by atoms with Crippen LogP contribution in [0.4, 0.5) is 0 Å². The van der Waals surface area contributed by atoms with Crippen LogP contribution in [0.1, 0.15) is 26.7 Å². The Morgan fingerprint density at radius 3 is 2.80 bits per heavy atom. The standard InChI is InChI=1S/C11H23N3O/c1-3-14(4-2)9-8-12-10-6-5-7-13-11(10)15/h10,12H,3-9H2,1-2H3,(H,13,15). The fraction of sp³-hybridized carbons (Fsp3) is 0.909. The van der Waals surface area contributed by atoms with Crippen molar-refractivity contribution in [3.05, 3.63) is 0 Å². The number of nitrogens with zero attached hydrogens (tertiary/aromatic N) is 1. The first kappa shape index (κ1) is 12.5. The van der Waals surface area contributed by atoms with E-state index in [1.54, 1.807) is 0 Å². The second-order valence-corrected chi connectivity index (χ2v) is 3.97. The van der Waals surface area contributed by atoms with Gasteiger partial charge in [0, 0.05) is 19.6 Å². The van der Waals surface area contributed by atoms with E-state index in [4.69, 9.17) is 0 Å². The summed E-state index contributed by atoms with van der Waals surface area (Å²) in [5.74, 6) is 0.167. The summed E-state index contributed by atoms with van der Waals surface area (Å²) in [6, 6.07) is 0.0364. The molecule has 4 heteroatoms. The summed E-state index contributed by atoms with van der Waals surface area (Å²) < 4.78 is 0. The number of hydrogen-bond acceptors (Lipinski definition) is 3. The van der Waals surface area contributed by atoms with Crippen LogP contribution in [0, 0.1) is 0 Å². The number of amides is 1. The molecular formula is C11H23N3O. The van der Waals surface area contributed by atoms with E-state index in [-0.39, 0.29) is 11.9 Å². The van der Waals surface area contributed by atoms with Gasteiger partial charge >= 0.3 is 0 Å². The number of carbonyl (C=O) groups is 1. The van der Waals surface area contributed by atoms with Crippen LogP contribution in [0.5, 0.6) is 0 Å². The first-order chi connectivity index (χ1) is 7.27. The lowest BCUT2D eigenvalue weighted by molar-refractivity contribution is -0.124. The first-order valence-electron chi connectivity index (χ1n) is 6.01. The molecule has 1 heterocycles. The number of likely N-dealkylation sites (N-methyl/N-ethyl adjacent to an activating group) is 1. The molecule has 0 bridgehead atoms. The smallest absolute Gasteiger partial charge is 0.237 e. The highest BCUT2D eigenvalue weighted by Crippen LogP contribution is 2.02. The van der Waals surface area contributed by atoms with E-state index < -0.39 is 0 Å². The third-order valence-corrected chi connectivity index (χ3v) is 3.00. The van der Waals surface area contributed by atoms with Crippen LogP contribution < -0.4 is 10.6 Å². The van der Waals surface area contributed by atoms with E-state index >= 15 is 0 Å². The van der Waals surface area contributed by atoms with Crippen molar-refractivity contribution in [3.63, 3.8) is 0 Å². The summed E-state index contributed by atoms with van der Waals surface area (Å²) in [5, 5.41) is 6.20. The maximum Gasteiger partial charge on any atom is 0.237 e. The molecule has 0 aliphatic carbocycles. The van der Waals surface area contributed by atoms with E-state index in [9.17, 15) is 4.79 Å². The summed E-state index contributed by atoms with van der Waals surface area (Å²) in [5.41, 5.74) is 0. The Hall–Kier alpha value is -0.610. The SMILES string of the molecule is CCN(CC)CCNC1CCCNC1=O. The molecule has 0 aromatic rings. The van der Waals surface area contributed by atoms with Crippen molar-refractivity contribution in [1.29, 1.82) is 0 Å². The Balaban J connectivity index is 2.15. The molecule has 1 aliphatic rings. The lowest BCUT2D eigenvalue weighted by Crippen LogP contribution is -2.49. The van der Waals surface area contributed by atoms with Crippen molar-refractivity contribution < 1.29 is 4.79 Å². The molecule has 0 aromatic carbocycles. The molecule has 0 spiro atoms. The van der Waals surface area contributed by atoms with Gasteiger partial charge < -0.3 is 15.5 Å². The molecule has 2 N–H and O–H groups in total. The van der Waals surface area contributed by atoms with Crippen molar-refractivity contribution >= 4 is 5.91 Å². The minimum Gasteiger partial charge on any atom is -0.355 e. The molecule has 0 saturated carbocycles. The van der Waals surface area contributed by atoms with Crippen molar-refractivity contribution in [3.8, 4) is 0 Å². The monoisotopic (exact) mass is 213 g/mol. The van der Waals surface area contributed by atoms with Gasteiger partial charge in [0.15, 0.2) is 0 Å². The summed E-state index contributed by atoms with van der Waals surface area (Å²) in [6.45, 7) is 9.25. The largest absolute Gasteiger partial charge is 0.355 e. The maximum absolute atomic E-state index is 11.4. The third-order valence-electron chi connectivity index (χ3n) is 3.00. The van der Waals surface area contributed by atoms with Gasteiger partial charge in [-0.2, -0.15) is 0 Å². The van der Waals surface area contributed by atoms with E-state index in [1.807, 2.05) is 0 Å². The second kappa shape index (κ2) is 6.80. The number of nitrogens with one attached hydrogen (secondary N) is 2. The van der Waals surface area contributed by atoms with Gasteiger partial charge in [-0.1, -0.05) is 13.8 Å². The van der Waals surface area contributed by atoms with Crippen LogP contribution in [-0.2, 0) is 4.79 Å². The zero-order valence-corrected chi connectivity index (χ0v) is 9.88. The van der Waals surface area contributed by atoms with E-state index in [0.717, 1.165) is 45.6 Å². The van der Waals surface area contributed by atoms with Crippen molar-refractivity contribution in [2.75, 3.05) is 32.7 Å². The molecule has 1 rings (SSSR count). The van der Waals surface area contributed by atoms with Gasteiger partial charge in [-0.3, -0.25) is 4.79 Å². The zero-order chi connectivity index (χ0) is 11.1. The minimum absolute atomic E-state index is 0.0364. The van der Waals surface area contributed by atoms with Crippen LogP contribution >= 0.6 is 0 Å². The zero-order valence-electron chi connectivity index (χ0n) is 9.88. The first-order valence-corrected chi connectivity index (χ1v) is 6.01. The molecule has 0 radical (unpaired) electrons. The molecule has 15 heavy (non-hydrogen) atoms. The van der Waals surface area contributed by atoms with E-state index in [0.29, 0.717) is 0 Å².